The van der Waals surface area contributed by atoms with Gasteiger partial charge in [-0.15, -0.1) is 0 Å². The summed E-state index contributed by atoms with van der Waals surface area (Å²) >= 11 is 0. The number of aromatic nitrogens is 3. The van der Waals surface area contributed by atoms with Crippen LogP contribution in [0.3, 0.4) is 0 Å². The molecule has 2 aromatic carbocycles. The predicted molar refractivity (Wildman–Crippen MR) is 135 cm³/mol. The van der Waals surface area contributed by atoms with Crippen molar-refractivity contribution in [1.82, 2.24) is 20.3 Å². The maximum absolute atomic E-state index is 5.97. The fourth-order valence-electron chi connectivity index (χ4n) is 3.39. The van der Waals surface area contributed by atoms with E-state index in [1.807, 2.05) is 69.4 Å². The second-order valence-electron chi connectivity index (χ2n) is 7.82. The van der Waals surface area contributed by atoms with Gasteiger partial charge < -0.3 is 20.2 Å². The number of fused-ring (bicyclic) bond motifs is 1. The fourth-order valence-corrected chi connectivity index (χ4v) is 3.39. The quantitative estimate of drug-likeness (QED) is 0.204. The Kier molecular flexibility index (Phi) is 7.62. The zero-order valence-corrected chi connectivity index (χ0v) is 19.6. The molecule has 0 unspecified atom stereocenters. The monoisotopic (exact) mass is 456 g/mol. The van der Waals surface area contributed by atoms with E-state index in [9.17, 15) is 0 Å². The number of ether oxygens (including phenoxy) is 1. The van der Waals surface area contributed by atoms with Crippen molar-refractivity contribution in [2.45, 2.75) is 20.5 Å². The van der Waals surface area contributed by atoms with E-state index in [1.165, 1.54) is 0 Å². The minimum Gasteiger partial charge on any atom is -0.489 e. The molecule has 0 saturated carbocycles. The van der Waals surface area contributed by atoms with Crippen molar-refractivity contribution in [3.05, 3.63) is 83.9 Å². The second-order valence-corrected chi connectivity index (χ2v) is 7.82. The standard InChI is InChI=1S/C26H28N6O2/c1-18-13-22(7-9-25(18)33-16-20-5-4-10-28-15-20)31-26-23-14-21(6-8-24(23)29-17-30-26)19(2)32-34-12-11-27-3/h4-10,13-15,17,27H,11-12,16H2,1-3H3,(H,29,30,31)/b32-19+. The van der Waals surface area contributed by atoms with E-state index in [-0.39, 0.29) is 0 Å². The topological polar surface area (TPSA) is 93.5 Å². The summed E-state index contributed by atoms with van der Waals surface area (Å²) in [6, 6.07) is 15.8. The highest BCUT2D eigenvalue weighted by atomic mass is 16.6. The summed E-state index contributed by atoms with van der Waals surface area (Å²) in [5, 5.41) is 11.6. The van der Waals surface area contributed by atoms with Gasteiger partial charge in [0, 0.05) is 35.6 Å². The van der Waals surface area contributed by atoms with Crippen LogP contribution in [0.5, 0.6) is 5.75 Å². The second kappa shape index (κ2) is 11.2. The van der Waals surface area contributed by atoms with Crippen molar-refractivity contribution >= 4 is 28.1 Å². The van der Waals surface area contributed by atoms with Crippen LogP contribution in [-0.2, 0) is 11.4 Å². The molecule has 2 heterocycles. The number of benzene rings is 2. The van der Waals surface area contributed by atoms with Crippen LogP contribution in [0.15, 0.2) is 72.4 Å². The third kappa shape index (κ3) is 5.85. The number of rotatable bonds is 10. The van der Waals surface area contributed by atoms with Crippen molar-refractivity contribution in [3.63, 3.8) is 0 Å². The van der Waals surface area contributed by atoms with E-state index in [0.29, 0.717) is 13.2 Å². The van der Waals surface area contributed by atoms with Gasteiger partial charge in [0.2, 0.25) is 0 Å². The van der Waals surface area contributed by atoms with Gasteiger partial charge in [-0.1, -0.05) is 17.3 Å². The number of likely N-dealkylation sites (N-methyl/N-ethyl adjacent to an activating group) is 1. The molecule has 0 aliphatic rings. The third-order valence-electron chi connectivity index (χ3n) is 5.25. The van der Waals surface area contributed by atoms with E-state index in [2.05, 4.69) is 30.7 Å². The Morgan fingerprint density at radius 2 is 2.00 bits per heavy atom. The van der Waals surface area contributed by atoms with Gasteiger partial charge in [-0.05, 0) is 68.4 Å². The molecular weight excluding hydrogens is 428 g/mol. The number of pyridine rings is 1. The van der Waals surface area contributed by atoms with Gasteiger partial charge in [0.25, 0.3) is 0 Å². The van der Waals surface area contributed by atoms with Gasteiger partial charge in [0.05, 0.1) is 11.2 Å². The molecule has 4 aromatic rings. The minimum atomic E-state index is 0.473. The summed E-state index contributed by atoms with van der Waals surface area (Å²) in [6.45, 7) is 5.67. The van der Waals surface area contributed by atoms with Crippen LogP contribution in [0.4, 0.5) is 11.5 Å². The molecule has 0 aliphatic carbocycles. The molecule has 4 rings (SSSR count). The van der Waals surface area contributed by atoms with Crippen LogP contribution >= 0.6 is 0 Å². The Morgan fingerprint density at radius 3 is 2.79 bits per heavy atom. The Morgan fingerprint density at radius 1 is 1.09 bits per heavy atom. The molecule has 0 atom stereocenters. The minimum absolute atomic E-state index is 0.473. The molecule has 8 nitrogen and oxygen atoms in total. The SMILES string of the molecule is CNCCO/N=C(\C)c1ccc2ncnc(Nc3ccc(OCc4cccnc4)c(C)c3)c2c1. The zero-order valence-electron chi connectivity index (χ0n) is 19.6. The van der Waals surface area contributed by atoms with E-state index in [0.717, 1.165) is 57.1 Å². The number of hydrogen-bond acceptors (Lipinski definition) is 8. The lowest BCUT2D eigenvalue weighted by Gasteiger charge is -2.13. The van der Waals surface area contributed by atoms with Gasteiger partial charge >= 0.3 is 0 Å². The Bertz CT molecular complexity index is 1280. The molecule has 34 heavy (non-hydrogen) atoms. The van der Waals surface area contributed by atoms with Crippen LogP contribution < -0.4 is 15.4 Å². The van der Waals surface area contributed by atoms with Crippen LogP contribution in [0, 0.1) is 6.92 Å². The molecular formula is C26H28N6O2. The molecule has 0 bridgehead atoms. The van der Waals surface area contributed by atoms with Crippen LogP contribution in [0.25, 0.3) is 10.9 Å². The summed E-state index contributed by atoms with van der Waals surface area (Å²) in [7, 11) is 1.88. The lowest BCUT2D eigenvalue weighted by molar-refractivity contribution is 0.147. The Balaban J connectivity index is 1.51. The fraction of sp³-hybridized carbons (Fsp3) is 0.231. The maximum Gasteiger partial charge on any atom is 0.141 e. The molecule has 0 fully saturated rings. The molecule has 0 saturated heterocycles. The lowest BCUT2D eigenvalue weighted by Crippen LogP contribution is -2.13. The molecule has 2 N–H and O–H groups in total. The van der Waals surface area contributed by atoms with E-state index in [4.69, 9.17) is 9.57 Å². The first-order chi connectivity index (χ1) is 16.6. The van der Waals surface area contributed by atoms with Crippen molar-refractivity contribution < 1.29 is 9.57 Å². The molecule has 0 spiro atoms. The number of aryl methyl sites for hydroxylation is 1. The normalized spacial score (nSPS) is 11.4. The number of oxime groups is 1. The highest BCUT2D eigenvalue weighted by Gasteiger charge is 2.09. The highest BCUT2D eigenvalue weighted by Crippen LogP contribution is 2.28. The van der Waals surface area contributed by atoms with Gasteiger partial charge in [0.1, 0.15) is 31.1 Å². The molecule has 0 radical (unpaired) electrons. The highest BCUT2D eigenvalue weighted by molar-refractivity contribution is 6.03. The van der Waals surface area contributed by atoms with E-state index in [1.54, 1.807) is 18.7 Å². The van der Waals surface area contributed by atoms with E-state index >= 15 is 0 Å². The Labute approximate surface area is 199 Å². The van der Waals surface area contributed by atoms with Crippen LogP contribution in [0.2, 0.25) is 0 Å². The van der Waals surface area contributed by atoms with Gasteiger partial charge in [-0.25, -0.2) is 9.97 Å². The maximum atomic E-state index is 5.97. The number of hydrogen-bond donors (Lipinski definition) is 2. The van der Waals surface area contributed by atoms with Gasteiger partial charge in [0.15, 0.2) is 0 Å². The third-order valence-corrected chi connectivity index (χ3v) is 5.25. The average molecular weight is 457 g/mol. The molecule has 8 heteroatoms. The van der Waals surface area contributed by atoms with Crippen molar-refractivity contribution in [1.29, 1.82) is 0 Å². The summed E-state index contributed by atoms with van der Waals surface area (Å²) in [6.07, 6.45) is 5.12. The Hall–Kier alpha value is -4.04. The van der Waals surface area contributed by atoms with Gasteiger partial charge in [-0.2, -0.15) is 0 Å². The zero-order chi connectivity index (χ0) is 23.8. The number of nitrogens with zero attached hydrogens (tertiary/aromatic N) is 4. The number of nitrogens with one attached hydrogen (secondary N) is 2. The molecule has 2 aromatic heterocycles. The number of anilines is 2. The van der Waals surface area contributed by atoms with Crippen LogP contribution in [0.1, 0.15) is 23.6 Å². The van der Waals surface area contributed by atoms with Gasteiger partial charge in [-0.3, -0.25) is 4.98 Å². The summed E-state index contributed by atoms with van der Waals surface area (Å²) in [5.74, 6) is 1.55. The van der Waals surface area contributed by atoms with Crippen molar-refractivity contribution in [2.75, 3.05) is 25.5 Å². The molecule has 0 aliphatic heterocycles. The first-order valence-electron chi connectivity index (χ1n) is 11.1. The largest absolute Gasteiger partial charge is 0.489 e. The average Bonchev–Trinajstić information content (AvgIpc) is 2.86. The van der Waals surface area contributed by atoms with E-state index < -0.39 is 0 Å². The smallest absolute Gasteiger partial charge is 0.141 e. The van der Waals surface area contributed by atoms with Crippen molar-refractivity contribution in [2.24, 2.45) is 5.16 Å². The summed E-state index contributed by atoms with van der Waals surface area (Å²) in [5.41, 5.74) is 5.55. The van der Waals surface area contributed by atoms with Crippen molar-refractivity contribution in [3.8, 4) is 5.75 Å². The molecule has 0 amide bonds. The predicted octanol–water partition coefficient (Wildman–Crippen LogP) is 4.62. The summed E-state index contributed by atoms with van der Waals surface area (Å²) < 4.78 is 5.97. The lowest BCUT2D eigenvalue weighted by atomic mass is 10.1. The first-order valence-corrected chi connectivity index (χ1v) is 11.1. The van der Waals surface area contributed by atoms with Crippen LogP contribution in [-0.4, -0.2) is 40.9 Å². The summed E-state index contributed by atoms with van der Waals surface area (Å²) in [4.78, 5) is 18.4. The first kappa shape index (κ1) is 23.1. The molecule has 174 valence electrons.